The molecule has 204 valence electrons. The topological polar surface area (TPSA) is 58.6 Å². The maximum atomic E-state index is 13.9. The van der Waals surface area contributed by atoms with E-state index in [2.05, 4.69) is 24.2 Å². The molecule has 2 amide bonds. The number of likely N-dealkylation sites (N-methyl/N-ethyl adjacent to an activating group) is 1. The van der Waals surface area contributed by atoms with Crippen molar-refractivity contribution >= 4 is 11.8 Å². The first-order chi connectivity index (χ1) is 18.2. The molecule has 1 N–H and O–H groups in total. The number of carbonyl (C=O) groups is 2. The minimum absolute atomic E-state index is 0.0664. The van der Waals surface area contributed by atoms with Crippen molar-refractivity contribution in [1.29, 1.82) is 0 Å². The highest BCUT2D eigenvalue weighted by Gasteiger charge is 2.38. The summed E-state index contributed by atoms with van der Waals surface area (Å²) in [5.74, 6) is -1.10. The van der Waals surface area contributed by atoms with Gasteiger partial charge < -0.3 is 15.0 Å². The summed E-state index contributed by atoms with van der Waals surface area (Å²) in [5, 5.41) is 2.63. The Morgan fingerprint density at radius 2 is 1.89 bits per heavy atom. The van der Waals surface area contributed by atoms with Crippen molar-refractivity contribution < 1.29 is 31.9 Å². The smallest absolute Gasteiger partial charge is 0.419 e. The predicted molar refractivity (Wildman–Crippen MR) is 136 cm³/mol. The van der Waals surface area contributed by atoms with E-state index >= 15 is 0 Å². The zero-order valence-corrected chi connectivity index (χ0v) is 21.4. The summed E-state index contributed by atoms with van der Waals surface area (Å²) in [4.78, 5) is 27.3. The molecule has 1 saturated carbocycles. The molecule has 4 rings (SSSR count). The van der Waals surface area contributed by atoms with Crippen LogP contribution >= 0.6 is 0 Å². The van der Waals surface area contributed by atoms with Crippen molar-refractivity contribution in [2.45, 2.75) is 57.3 Å². The fourth-order valence-electron chi connectivity index (χ4n) is 5.02. The summed E-state index contributed by atoms with van der Waals surface area (Å²) in [6.45, 7) is 5.72. The number of amides is 2. The SMILES string of the molecule is C=C.CNC(=O)C1CC2=CC=C(OCc3cccc(F)c3C(F)(F)F)C=C=C2CN1C(=O)CC1CCCC1. The van der Waals surface area contributed by atoms with Crippen LogP contribution in [0.1, 0.15) is 49.7 Å². The number of allylic oxidation sites excluding steroid dienone is 3. The lowest BCUT2D eigenvalue weighted by Gasteiger charge is -2.37. The maximum Gasteiger partial charge on any atom is 0.419 e. The van der Waals surface area contributed by atoms with Crippen LogP contribution in [0.2, 0.25) is 0 Å². The van der Waals surface area contributed by atoms with Gasteiger partial charge in [0.1, 0.15) is 24.2 Å². The number of benzene rings is 1. The molecule has 0 bridgehead atoms. The van der Waals surface area contributed by atoms with Crippen LogP contribution in [0.15, 0.2) is 72.2 Å². The molecule has 1 aromatic carbocycles. The number of carbonyl (C=O) groups excluding carboxylic acids is 2. The molecule has 38 heavy (non-hydrogen) atoms. The van der Waals surface area contributed by atoms with Gasteiger partial charge >= 0.3 is 6.18 Å². The number of halogens is 4. The number of piperidine rings is 1. The minimum atomic E-state index is -4.85. The first kappa shape index (κ1) is 29.0. The number of hydrogen-bond acceptors (Lipinski definition) is 3. The van der Waals surface area contributed by atoms with Gasteiger partial charge in [0, 0.05) is 37.1 Å². The number of nitrogens with one attached hydrogen (secondary N) is 1. The molecule has 0 radical (unpaired) electrons. The van der Waals surface area contributed by atoms with Crippen molar-refractivity contribution in [2.24, 2.45) is 5.92 Å². The van der Waals surface area contributed by atoms with E-state index in [1.165, 1.54) is 25.3 Å². The average molecular weight is 533 g/mol. The number of rotatable bonds is 6. The first-order valence-corrected chi connectivity index (χ1v) is 12.5. The van der Waals surface area contributed by atoms with Crippen molar-refractivity contribution in [3.63, 3.8) is 0 Å². The molecule has 0 aromatic heterocycles. The number of likely N-dealkylation sites (tertiary alicyclic amines) is 1. The Morgan fingerprint density at radius 3 is 2.55 bits per heavy atom. The third kappa shape index (κ3) is 6.84. The molecule has 1 saturated heterocycles. The van der Waals surface area contributed by atoms with Gasteiger partial charge in [-0.2, -0.15) is 13.2 Å². The quantitative estimate of drug-likeness (QED) is 0.278. The third-order valence-electron chi connectivity index (χ3n) is 6.93. The van der Waals surface area contributed by atoms with E-state index in [0.717, 1.165) is 37.3 Å². The molecular formula is C29H32F4N2O3. The van der Waals surface area contributed by atoms with Crippen molar-refractivity contribution in [1.82, 2.24) is 10.2 Å². The molecule has 2 aliphatic carbocycles. The van der Waals surface area contributed by atoms with Gasteiger partial charge in [-0.25, -0.2) is 4.39 Å². The van der Waals surface area contributed by atoms with Crippen molar-refractivity contribution in [3.05, 3.63) is 89.2 Å². The number of nitrogens with zero attached hydrogens (tertiary/aromatic N) is 1. The second-order valence-electron chi connectivity index (χ2n) is 9.30. The van der Waals surface area contributed by atoms with Crippen molar-refractivity contribution in [2.75, 3.05) is 13.6 Å². The lowest BCUT2D eigenvalue weighted by atomic mass is 9.90. The standard InChI is InChI=1S/C27H28F4N2O3.C2H4/c1-32-26(35)23-14-18-9-11-21(36-16-20-7-4-8-22(28)25(20)27(29,30)31)12-10-19(18)15-33(23)24(34)13-17-5-2-3-6-17;1-2/h4,7-9,11-12,17,23H,2-3,5-6,13-16H2,1H3,(H,32,35);1-2H2. The average Bonchev–Trinajstić information content (AvgIpc) is 3.32. The Morgan fingerprint density at radius 1 is 1.18 bits per heavy atom. The van der Waals surface area contributed by atoms with Crippen LogP contribution in [0, 0.1) is 11.7 Å². The highest BCUT2D eigenvalue weighted by Crippen LogP contribution is 2.35. The largest absolute Gasteiger partial charge is 0.488 e. The first-order valence-electron chi connectivity index (χ1n) is 12.5. The number of alkyl halides is 3. The Kier molecular flexibility index (Phi) is 9.75. The highest BCUT2D eigenvalue weighted by atomic mass is 19.4. The Hall–Kier alpha value is -3.58. The molecule has 1 heterocycles. The molecule has 3 aliphatic rings. The van der Waals surface area contributed by atoms with Gasteiger partial charge in [-0.05, 0) is 36.5 Å². The minimum Gasteiger partial charge on any atom is -0.488 e. The van der Waals surface area contributed by atoms with E-state index in [1.807, 2.05) is 0 Å². The van der Waals surface area contributed by atoms with Crippen LogP contribution < -0.4 is 5.32 Å². The lowest BCUT2D eigenvalue weighted by Crippen LogP contribution is -2.52. The molecule has 0 spiro atoms. The Labute approximate surface area is 220 Å². The van der Waals surface area contributed by atoms with Crippen LogP contribution in [-0.4, -0.2) is 36.3 Å². The van der Waals surface area contributed by atoms with E-state index in [4.69, 9.17) is 4.74 Å². The van der Waals surface area contributed by atoms with Gasteiger partial charge in [-0.15, -0.1) is 18.9 Å². The maximum absolute atomic E-state index is 13.9. The van der Waals surface area contributed by atoms with E-state index < -0.39 is 30.2 Å². The molecular weight excluding hydrogens is 500 g/mol. The van der Waals surface area contributed by atoms with Gasteiger partial charge in [0.05, 0.1) is 12.1 Å². The normalized spacial score (nSPS) is 19.2. The molecule has 1 unspecified atom stereocenters. The fraction of sp³-hybridized carbons (Fsp3) is 0.414. The second kappa shape index (κ2) is 12.8. The van der Waals surface area contributed by atoms with E-state index in [0.29, 0.717) is 17.9 Å². The van der Waals surface area contributed by atoms with Crippen molar-refractivity contribution in [3.8, 4) is 0 Å². The Balaban J connectivity index is 0.00000195. The van der Waals surface area contributed by atoms with Gasteiger partial charge in [-0.3, -0.25) is 9.59 Å². The molecule has 1 aliphatic heterocycles. The fourth-order valence-corrected chi connectivity index (χ4v) is 5.02. The monoisotopic (exact) mass is 532 g/mol. The Bertz CT molecular complexity index is 1170. The van der Waals surface area contributed by atoms with E-state index in [9.17, 15) is 27.2 Å². The highest BCUT2D eigenvalue weighted by molar-refractivity contribution is 5.89. The third-order valence-corrected chi connectivity index (χ3v) is 6.93. The molecule has 1 aromatic rings. The van der Waals surface area contributed by atoms with Gasteiger partial charge in [-0.1, -0.05) is 31.1 Å². The van der Waals surface area contributed by atoms with Crippen LogP contribution in [0.25, 0.3) is 0 Å². The lowest BCUT2D eigenvalue weighted by molar-refractivity contribution is -0.141. The van der Waals surface area contributed by atoms with E-state index in [-0.39, 0.29) is 36.1 Å². The zero-order chi connectivity index (χ0) is 27.9. The molecule has 2 fully saturated rings. The van der Waals surface area contributed by atoms with E-state index in [1.54, 1.807) is 17.1 Å². The van der Waals surface area contributed by atoms with Gasteiger partial charge in [0.15, 0.2) is 0 Å². The number of ether oxygens (including phenoxy) is 1. The summed E-state index contributed by atoms with van der Waals surface area (Å²) < 4.78 is 59.3. The molecule has 9 heteroatoms. The number of hydrogen-bond donors (Lipinski definition) is 1. The molecule has 5 nitrogen and oxygen atoms in total. The summed E-state index contributed by atoms with van der Waals surface area (Å²) in [7, 11) is 1.53. The van der Waals surface area contributed by atoms with Crippen LogP contribution in [0.3, 0.4) is 0 Å². The predicted octanol–water partition coefficient (Wildman–Crippen LogP) is 6.00. The molecule has 1 atom stereocenters. The summed E-state index contributed by atoms with van der Waals surface area (Å²) in [6.07, 6.45) is 4.92. The van der Waals surface area contributed by atoms with Crippen LogP contribution in [0.5, 0.6) is 0 Å². The number of fused-ring (bicyclic) bond motifs is 1. The van der Waals surface area contributed by atoms with Crippen LogP contribution in [0.4, 0.5) is 17.6 Å². The van der Waals surface area contributed by atoms with Crippen LogP contribution in [-0.2, 0) is 27.1 Å². The summed E-state index contributed by atoms with van der Waals surface area (Å²) >= 11 is 0. The summed E-state index contributed by atoms with van der Waals surface area (Å²) in [6, 6.07) is 2.48. The summed E-state index contributed by atoms with van der Waals surface area (Å²) in [5.41, 5.74) is 2.93. The zero-order valence-electron chi connectivity index (χ0n) is 21.4. The van der Waals surface area contributed by atoms with Gasteiger partial charge in [0.25, 0.3) is 0 Å². The van der Waals surface area contributed by atoms with Gasteiger partial charge in [0.2, 0.25) is 11.8 Å². The second-order valence-corrected chi connectivity index (χ2v) is 9.30.